The molecule has 0 fully saturated rings. The van der Waals surface area contributed by atoms with Crippen molar-refractivity contribution in [2.24, 2.45) is 0 Å². The van der Waals surface area contributed by atoms with Gasteiger partial charge in [-0.1, -0.05) is 48.9 Å². The highest BCUT2D eigenvalue weighted by atomic mass is 32.2. The number of nitro benzene ring substituents is 1. The molecule has 0 aliphatic heterocycles. The predicted octanol–water partition coefficient (Wildman–Crippen LogP) is 7.10. The lowest BCUT2D eigenvalue weighted by Crippen LogP contribution is -2.24. The van der Waals surface area contributed by atoms with E-state index in [-0.39, 0.29) is 22.4 Å². The zero-order valence-electron chi connectivity index (χ0n) is 21.1. The summed E-state index contributed by atoms with van der Waals surface area (Å²) in [5, 5.41) is 16.9. The van der Waals surface area contributed by atoms with Gasteiger partial charge in [-0.05, 0) is 44.5 Å². The van der Waals surface area contributed by atoms with Gasteiger partial charge in [0.2, 0.25) is 5.91 Å². The number of nitro groups is 1. The van der Waals surface area contributed by atoms with Crippen LogP contribution < -0.4 is 10.6 Å². The summed E-state index contributed by atoms with van der Waals surface area (Å²) in [6.45, 7) is 5.96. The average molecular weight is 547 g/mol. The van der Waals surface area contributed by atoms with Gasteiger partial charge in [-0.25, -0.2) is 4.98 Å². The largest absolute Gasteiger partial charge is 0.322 e. The summed E-state index contributed by atoms with van der Waals surface area (Å²) in [6.07, 6.45) is 0.593. The third-order valence-electron chi connectivity index (χ3n) is 5.70. The molecule has 1 atom stereocenters. The lowest BCUT2D eigenvalue weighted by atomic mass is 10.1. The first-order valence-electron chi connectivity index (χ1n) is 11.9. The molecule has 194 valence electrons. The van der Waals surface area contributed by atoms with E-state index in [1.165, 1.54) is 52.9 Å². The maximum absolute atomic E-state index is 13.1. The van der Waals surface area contributed by atoms with E-state index in [9.17, 15) is 19.7 Å². The smallest absolute Gasteiger partial charge is 0.270 e. The van der Waals surface area contributed by atoms with Crippen LogP contribution in [0.4, 0.5) is 16.5 Å². The third kappa shape index (κ3) is 6.64. The van der Waals surface area contributed by atoms with E-state index in [0.29, 0.717) is 17.2 Å². The van der Waals surface area contributed by atoms with Gasteiger partial charge >= 0.3 is 0 Å². The predicted molar refractivity (Wildman–Crippen MR) is 153 cm³/mol. The normalized spacial score (nSPS) is 11.6. The number of aryl methyl sites for hydroxylation is 2. The topological polar surface area (TPSA) is 114 Å². The number of benzene rings is 3. The second-order valence-electron chi connectivity index (χ2n) is 8.58. The standard InChI is InChI=1S/C28H26N4O4S2/c1-4-24(27(34)31-28-30-25(18(3)37-28)19-13-11-17(2)12-14-19)38-23-10-6-8-21(16-23)29-26(33)20-7-5-9-22(15-20)32(35)36/h5-16,24H,4H2,1-3H3,(H,29,33)(H,30,31,34). The molecule has 1 aromatic heterocycles. The van der Waals surface area contributed by atoms with Crippen molar-refractivity contribution in [2.45, 2.75) is 37.3 Å². The van der Waals surface area contributed by atoms with Crippen LogP contribution in [0.2, 0.25) is 0 Å². The molecule has 0 spiro atoms. The van der Waals surface area contributed by atoms with Crippen molar-refractivity contribution in [1.29, 1.82) is 0 Å². The molecule has 2 amide bonds. The Morgan fingerprint density at radius 3 is 2.47 bits per heavy atom. The molecule has 4 aromatic rings. The van der Waals surface area contributed by atoms with Gasteiger partial charge in [0.15, 0.2) is 5.13 Å². The second kappa shape index (κ2) is 12.0. The van der Waals surface area contributed by atoms with Crippen LogP contribution in [0.5, 0.6) is 0 Å². The number of thiazole rings is 1. The van der Waals surface area contributed by atoms with E-state index in [1.807, 2.05) is 51.1 Å². The zero-order chi connectivity index (χ0) is 27.2. The zero-order valence-corrected chi connectivity index (χ0v) is 22.7. The number of rotatable bonds is 9. The van der Waals surface area contributed by atoms with Crippen LogP contribution in [0, 0.1) is 24.0 Å². The van der Waals surface area contributed by atoms with Gasteiger partial charge in [0, 0.05) is 38.7 Å². The molecule has 2 N–H and O–H groups in total. The first-order valence-corrected chi connectivity index (χ1v) is 13.6. The number of amides is 2. The lowest BCUT2D eigenvalue weighted by molar-refractivity contribution is -0.384. The van der Waals surface area contributed by atoms with Crippen LogP contribution in [-0.2, 0) is 4.79 Å². The van der Waals surface area contributed by atoms with Crippen LogP contribution in [-0.4, -0.2) is 27.0 Å². The van der Waals surface area contributed by atoms with E-state index in [4.69, 9.17) is 0 Å². The van der Waals surface area contributed by atoms with Crippen LogP contribution >= 0.6 is 23.1 Å². The molecule has 38 heavy (non-hydrogen) atoms. The van der Waals surface area contributed by atoms with Crippen LogP contribution in [0.3, 0.4) is 0 Å². The number of anilines is 2. The van der Waals surface area contributed by atoms with Crippen molar-refractivity contribution in [3.8, 4) is 11.3 Å². The fourth-order valence-electron chi connectivity index (χ4n) is 3.71. The summed E-state index contributed by atoms with van der Waals surface area (Å²) in [4.78, 5) is 42.7. The summed E-state index contributed by atoms with van der Waals surface area (Å²) in [5.41, 5.74) is 3.60. The Labute approximate surface area is 228 Å². The molecule has 1 unspecified atom stereocenters. The number of nitrogens with zero attached hydrogens (tertiary/aromatic N) is 2. The molecule has 8 nitrogen and oxygen atoms in total. The third-order valence-corrected chi connectivity index (χ3v) is 7.95. The number of nitrogens with one attached hydrogen (secondary N) is 2. The fourth-order valence-corrected chi connectivity index (χ4v) is 5.56. The van der Waals surface area contributed by atoms with E-state index in [1.54, 1.807) is 18.2 Å². The average Bonchev–Trinajstić information content (AvgIpc) is 3.27. The van der Waals surface area contributed by atoms with Gasteiger partial charge in [-0.15, -0.1) is 23.1 Å². The molecule has 10 heteroatoms. The van der Waals surface area contributed by atoms with Crippen molar-refractivity contribution in [2.75, 3.05) is 10.6 Å². The molecular formula is C28H26N4O4S2. The quantitative estimate of drug-likeness (QED) is 0.131. The highest BCUT2D eigenvalue weighted by molar-refractivity contribution is 8.00. The minimum absolute atomic E-state index is 0.146. The van der Waals surface area contributed by atoms with Gasteiger partial charge in [0.25, 0.3) is 11.6 Å². The first-order chi connectivity index (χ1) is 18.2. The Balaban J connectivity index is 1.42. The maximum atomic E-state index is 13.1. The molecule has 0 aliphatic carbocycles. The van der Waals surface area contributed by atoms with Crippen molar-refractivity contribution < 1.29 is 14.5 Å². The number of hydrogen-bond donors (Lipinski definition) is 2. The van der Waals surface area contributed by atoms with Crippen LogP contribution in [0.15, 0.2) is 77.7 Å². The number of hydrogen-bond acceptors (Lipinski definition) is 7. The van der Waals surface area contributed by atoms with Crippen LogP contribution in [0.25, 0.3) is 11.3 Å². The van der Waals surface area contributed by atoms with Crippen molar-refractivity contribution in [3.05, 3.63) is 98.9 Å². The summed E-state index contributed by atoms with van der Waals surface area (Å²) >= 11 is 2.84. The summed E-state index contributed by atoms with van der Waals surface area (Å²) in [7, 11) is 0. The Hall–Kier alpha value is -4.02. The summed E-state index contributed by atoms with van der Waals surface area (Å²) in [5.74, 6) is -0.600. The number of non-ortho nitro benzene ring substituents is 1. The minimum Gasteiger partial charge on any atom is -0.322 e. The monoisotopic (exact) mass is 546 g/mol. The van der Waals surface area contributed by atoms with E-state index < -0.39 is 10.8 Å². The van der Waals surface area contributed by atoms with Crippen molar-refractivity contribution in [1.82, 2.24) is 4.98 Å². The number of carbonyl (C=O) groups is 2. The molecule has 0 bridgehead atoms. The minimum atomic E-state index is -0.541. The molecule has 0 aliphatic rings. The Morgan fingerprint density at radius 2 is 1.76 bits per heavy atom. The SMILES string of the molecule is CCC(Sc1cccc(NC(=O)c2cccc([N+](=O)[O-])c2)c1)C(=O)Nc1nc(-c2ccc(C)cc2)c(C)s1. The molecule has 1 heterocycles. The number of carbonyl (C=O) groups excluding carboxylic acids is 2. The molecule has 0 radical (unpaired) electrons. The van der Waals surface area contributed by atoms with Gasteiger partial charge in [-0.3, -0.25) is 19.7 Å². The van der Waals surface area contributed by atoms with E-state index >= 15 is 0 Å². The molecule has 0 saturated heterocycles. The van der Waals surface area contributed by atoms with Crippen molar-refractivity contribution >= 4 is 51.4 Å². The second-order valence-corrected chi connectivity index (χ2v) is 11.1. The highest BCUT2D eigenvalue weighted by Gasteiger charge is 2.21. The van der Waals surface area contributed by atoms with Gasteiger partial charge in [-0.2, -0.15) is 0 Å². The molecule has 0 saturated carbocycles. The van der Waals surface area contributed by atoms with Gasteiger partial charge in [0.05, 0.1) is 15.9 Å². The van der Waals surface area contributed by atoms with Crippen LogP contribution in [0.1, 0.15) is 34.1 Å². The summed E-state index contributed by atoms with van der Waals surface area (Å²) in [6, 6.07) is 20.8. The Kier molecular flexibility index (Phi) is 8.55. The maximum Gasteiger partial charge on any atom is 0.270 e. The Bertz CT molecular complexity index is 1480. The summed E-state index contributed by atoms with van der Waals surface area (Å²) < 4.78 is 0. The van der Waals surface area contributed by atoms with Gasteiger partial charge in [0.1, 0.15) is 0 Å². The molecule has 4 rings (SSSR count). The van der Waals surface area contributed by atoms with Crippen molar-refractivity contribution in [3.63, 3.8) is 0 Å². The van der Waals surface area contributed by atoms with E-state index in [0.717, 1.165) is 21.0 Å². The molecular weight excluding hydrogens is 520 g/mol. The fraction of sp³-hybridized carbons (Fsp3) is 0.179. The van der Waals surface area contributed by atoms with E-state index in [2.05, 4.69) is 15.6 Å². The number of thioether (sulfide) groups is 1. The number of aromatic nitrogens is 1. The Morgan fingerprint density at radius 1 is 1.03 bits per heavy atom. The first kappa shape index (κ1) is 27.0. The lowest BCUT2D eigenvalue weighted by Gasteiger charge is -2.14. The highest BCUT2D eigenvalue weighted by Crippen LogP contribution is 2.33. The molecule has 3 aromatic carbocycles. The van der Waals surface area contributed by atoms with Gasteiger partial charge < -0.3 is 10.6 Å².